The smallest absolute Gasteiger partial charge is 0.244 e. The summed E-state index contributed by atoms with van der Waals surface area (Å²) in [4.78, 5) is 11.8. The summed E-state index contributed by atoms with van der Waals surface area (Å²) in [7, 11) is 0. The van der Waals surface area contributed by atoms with Crippen molar-refractivity contribution in [1.82, 2.24) is 15.1 Å². The Morgan fingerprint density at radius 3 is 2.86 bits per heavy atom. The van der Waals surface area contributed by atoms with E-state index in [0.717, 1.165) is 23.4 Å². The number of amides is 1. The molecule has 4 nitrogen and oxygen atoms in total. The maximum absolute atomic E-state index is 11.8. The number of aryl methyl sites for hydroxylation is 2. The van der Waals surface area contributed by atoms with E-state index >= 15 is 0 Å². The zero-order chi connectivity index (χ0) is 15.2. The first-order valence-electron chi connectivity index (χ1n) is 6.83. The van der Waals surface area contributed by atoms with E-state index in [1.54, 1.807) is 12.1 Å². The van der Waals surface area contributed by atoms with Gasteiger partial charge in [0.05, 0.1) is 5.69 Å². The van der Waals surface area contributed by atoms with Crippen molar-refractivity contribution in [2.24, 2.45) is 0 Å². The summed E-state index contributed by atoms with van der Waals surface area (Å²) in [6.07, 6.45) is 5.15. The first-order valence-corrected chi connectivity index (χ1v) is 7.21. The second-order valence-corrected chi connectivity index (χ2v) is 5.08. The molecule has 1 aromatic carbocycles. The fourth-order valence-corrected chi connectivity index (χ4v) is 2.11. The summed E-state index contributed by atoms with van der Waals surface area (Å²) in [5.41, 5.74) is 2.79. The van der Waals surface area contributed by atoms with Gasteiger partial charge in [0.1, 0.15) is 0 Å². The van der Waals surface area contributed by atoms with Crippen molar-refractivity contribution in [3.05, 3.63) is 58.4 Å². The fraction of sp³-hybridized carbons (Fsp3) is 0.250. The van der Waals surface area contributed by atoms with Crippen LogP contribution in [0.25, 0.3) is 6.08 Å². The van der Waals surface area contributed by atoms with Gasteiger partial charge in [0.2, 0.25) is 5.91 Å². The van der Waals surface area contributed by atoms with Gasteiger partial charge >= 0.3 is 0 Å². The summed E-state index contributed by atoms with van der Waals surface area (Å²) in [5.74, 6) is -0.154. The summed E-state index contributed by atoms with van der Waals surface area (Å²) < 4.78 is 1.86. The van der Waals surface area contributed by atoms with Crippen LogP contribution >= 0.6 is 11.6 Å². The molecule has 0 radical (unpaired) electrons. The first kappa shape index (κ1) is 15.3. The molecule has 5 heteroatoms. The van der Waals surface area contributed by atoms with Gasteiger partial charge in [0.15, 0.2) is 0 Å². The van der Waals surface area contributed by atoms with Gasteiger partial charge in [0, 0.05) is 35.9 Å². The molecule has 0 aliphatic rings. The highest BCUT2D eigenvalue weighted by Gasteiger charge is 2.05. The topological polar surface area (TPSA) is 46.9 Å². The van der Waals surface area contributed by atoms with Gasteiger partial charge in [0.25, 0.3) is 0 Å². The lowest BCUT2D eigenvalue weighted by molar-refractivity contribution is -0.116. The van der Waals surface area contributed by atoms with Gasteiger partial charge in [-0.25, -0.2) is 0 Å². The number of halogens is 1. The predicted molar refractivity (Wildman–Crippen MR) is 85.0 cm³/mol. The van der Waals surface area contributed by atoms with E-state index in [-0.39, 0.29) is 5.91 Å². The van der Waals surface area contributed by atoms with E-state index in [1.165, 1.54) is 6.08 Å². The minimum Gasteiger partial charge on any atom is -0.348 e. The van der Waals surface area contributed by atoms with E-state index in [9.17, 15) is 4.79 Å². The summed E-state index contributed by atoms with van der Waals surface area (Å²) in [6, 6.07) is 7.39. The molecule has 1 N–H and O–H groups in total. The van der Waals surface area contributed by atoms with Crippen molar-refractivity contribution in [3.8, 4) is 0 Å². The Hall–Kier alpha value is -2.07. The van der Waals surface area contributed by atoms with E-state index in [0.29, 0.717) is 11.6 Å². The van der Waals surface area contributed by atoms with Crippen LogP contribution in [0.3, 0.4) is 0 Å². The molecule has 1 aromatic heterocycles. The van der Waals surface area contributed by atoms with Crippen LogP contribution in [0, 0.1) is 6.92 Å². The third-order valence-electron chi connectivity index (χ3n) is 3.14. The van der Waals surface area contributed by atoms with Crippen LogP contribution < -0.4 is 5.32 Å². The molecule has 1 heterocycles. The number of aromatic nitrogens is 2. The minimum atomic E-state index is -0.154. The Labute approximate surface area is 129 Å². The van der Waals surface area contributed by atoms with Crippen molar-refractivity contribution in [2.75, 3.05) is 0 Å². The Bertz CT molecular complexity index is 661. The minimum absolute atomic E-state index is 0.154. The Morgan fingerprint density at radius 2 is 2.19 bits per heavy atom. The third kappa shape index (κ3) is 4.20. The van der Waals surface area contributed by atoms with Gasteiger partial charge in [-0.15, -0.1) is 0 Å². The highest BCUT2D eigenvalue weighted by Crippen LogP contribution is 2.16. The molecule has 0 bridgehead atoms. The van der Waals surface area contributed by atoms with Crippen LogP contribution in [0.2, 0.25) is 5.02 Å². The van der Waals surface area contributed by atoms with Crippen LogP contribution in [0.4, 0.5) is 0 Å². The molecule has 0 saturated heterocycles. The van der Waals surface area contributed by atoms with Crippen LogP contribution in [0.5, 0.6) is 0 Å². The molecule has 0 fully saturated rings. The second-order valence-electron chi connectivity index (χ2n) is 4.67. The van der Waals surface area contributed by atoms with E-state index in [1.807, 2.05) is 42.9 Å². The molecule has 0 atom stereocenters. The van der Waals surface area contributed by atoms with Crippen LogP contribution in [0.1, 0.15) is 23.7 Å². The second kappa shape index (κ2) is 7.09. The number of rotatable bonds is 5. The molecule has 1 amide bonds. The molecule has 2 aromatic rings. The van der Waals surface area contributed by atoms with Crippen molar-refractivity contribution < 1.29 is 4.79 Å². The van der Waals surface area contributed by atoms with Gasteiger partial charge in [-0.3, -0.25) is 9.48 Å². The number of nitrogens with zero attached hydrogens (tertiary/aromatic N) is 2. The maximum Gasteiger partial charge on any atom is 0.244 e. The lowest BCUT2D eigenvalue weighted by Gasteiger charge is -2.01. The largest absolute Gasteiger partial charge is 0.348 e. The number of hydrogen-bond donors (Lipinski definition) is 1. The Morgan fingerprint density at radius 1 is 1.43 bits per heavy atom. The molecule has 0 saturated carbocycles. The van der Waals surface area contributed by atoms with Crippen molar-refractivity contribution in [2.45, 2.75) is 26.9 Å². The molecular weight excluding hydrogens is 286 g/mol. The van der Waals surface area contributed by atoms with Gasteiger partial charge in [-0.2, -0.15) is 5.10 Å². The monoisotopic (exact) mass is 303 g/mol. The number of carbonyl (C=O) groups is 1. The SMILES string of the molecule is CCn1cc(CNC(=O)/C=C/c2ccccc2Cl)c(C)n1. The molecule has 110 valence electrons. The van der Waals surface area contributed by atoms with Crippen molar-refractivity contribution >= 4 is 23.6 Å². The number of hydrogen-bond acceptors (Lipinski definition) is 2. The van der Waals surface area contributed by atoms with Crippen LogP contribution in [-0.4, -0.2) is 15.7 Å². The Balaban J connectivity index is 1.93. The maximum atomic E-state index is 11.8. The van der Waals surface area contributed by atoms with Crippen molar-refractivity contribution in [1.29, 1.82) is 0 Å². The molecule has 0 spiro atoms. The number of nitrogens with one attached hydrogen (secondary N) is 1. The summed E-state index contributed by atoms with van der Waals surface area (Å²) in [6.45, 7) is 5.26. The lowest BCUT2D eigenvalue weighted by atomic mass is 10.2. The Kier molecular flexibility index (Phi) is 5.17. The number of carbonyl (C=O) groups excluding carboxylic acids is 1. The van der Waals surface area contributed by atoms with Gasteiger partial charge in [-0.05, 0) is 31.6 Å². The average molecular weight is 304 g/mol. The zero-order valence-electron chi connectivity index (χ0n) is 12.1. The lowest BCUT2D eigenvalue weighted by Crippen LogP contribution is -2.20. The molecule has 0 aliphatic carbocycles. The van der Waals surface area contributed by atoms with Gasteiger partial charge < -0.3 is 5.32 Å². The van der Waals surface area contributed by atoms with E-state index in [2.05, 4.69) is 10.4 Å². The van der Waals surface area contributed by atoms with E-state index < -0.39 is 0 Å². The highest BCUT2D eigenvalue weighted by molar-refractivity contribution is 6.32. The standard InChI is InChI=1S/C16H18ClN3O/c1-3-20-11-14(12(2)19-20)10-18-16(21)9-8-13-6-4-5-7-15(13)17/h4-9,11H,3,10H2,1-2H3,(H,18,21)/b9-8+. The molecule has 21 heavy (non-hydrogen) atoms. The summed E-state index contributed by atoms with van der Waals surface area (Å²) >= 11 is 6.03. The quantitative estimate of drug-likeness (QED) is 0.862. The fourth-order valence-electron chi connectivity index (χ4n) is 1.91. The molecule has 0 unspecified atom stereocenters. The normalized spacial score (nSPS) is 11.0. The highest BCUT2D eigenvalue weighted by atomic mass is 35.5. The zero-order valence-corrected chi connectivity index (χ0v) is 12.9. The molecular formula is C16H18ClN3O. The third-order valence-corrected chi connectivity index (χ3v) is 3.49. The molecule has 2 rings (SSSR count). The average Bonchev–Trinajstić information content (AvgIpc) is 2.84. The predicted octanol–water partition coefficient (Wildman–Crippen LogP) is 3.19. The first-order chi connectivity index (χ1) is 10.1. The van der Waals surface area contributed by atoms with Crippen LogP contribution in [0.15, 0.2) is 36.5 Å². The number of benzene rings is 1. The van der Waals surface area contributed by atoms with Gasteiger partial charge in [-0.1, -0.05) is 29.8 Å². The van der Waals surface area contributed by atoms with E-state index in [4.69, 9.17) is 11.6 Å². The van der Waals surface area contributed by atoms with Crippen molar-refractivity contribution in [3.63, 3.8) is 0 Å². The summed E-state index contributed by atoms with van der Waals surface area (Å²) in [5, 5.41) is 7.81. The van der Waals surface area contributed by atoms with Crippen LogP contribution in [-0.2, 0) is 17.9 Å². The molecule has 0 aliphatic heterocycles.